The van der Waals surface area contributed by atoms with Gasteiger partial charge in [-0.2, -0.15) is 10.2 Å². The molecule has 1 aromatic carbocycles. The van der Waals surface area contributed by atoms with Crippen LogP contribution in [-0.4, -0.2) is 42.7 Å². The summed E-state index contributed by atoms with van der Waals surface area (Å²) < 4.78 is 0. The second kappa shape index (κ2) is 9.73. The summed E-state index contributed by atoms with van der Waals surface area (Å²) in [6.07, 6.45) is 5.91. The van der Waals surface area contributed by atoms with Gasteiger partial charge in [0, 0.05) is 38.6 Å². The summed E-state index contributed by atoms with van der Waals surface area (Å²) in [5, 5.41) is 18.0. The highest BCUT2D eigenvalue weighted by Gasteiger charge is 2.22. The Morgan fingerprint density at radius 3 is 2.55 bits per heavy atom. The third-order valence-corrected chi connectivity index (χ3v) is 5.10. The van der Waals surface area contributed by atoms with Crippen LogP contribution in [0.2, 0.25) is 0 Å². The van der Waals surface area contributed by atoms with Crippen molar-refractivity contribution in [2.75, 3.05) is 36.2 Å². The number of nitriles is 1. The van der Waals surface area contributed by atoms with E-state index in [2.05, 4.69) is 32.0 Å². The number of nitrogens with one attached hydrogen (secondary N) is 3. The van der Waals surface area contributed by atoms with Gasteiger partial charge in [-0.15, -0.1) is 0 Å². The number of benzene rings is 1. The molecule has 1 aromatic heterocycles. The first kappa shape index (κ1) is 20.4. The molecular formula is C21H27N7O. The Balaban J connectivity index is 1.39. The molecule has 8 heteroatoms. The molecule has 3 N–H and O–H groups in total. The van der Waals surface area contributed by atoms with Crippen LogP contribution in [0.5, 0.6) is 0 Å². The normalized spacial score (nSPS) is 18.4. The van der Waals surface area contributed by atoms with Crippen LogP contribution in [0.1, 0.15) is 31.2 Å². The SMILES string of the molecule is CN(C)c1ccnc(NC2CCC(CNC(=O)Nc3ccc(C#N)cc3)CC2)n1. The van der Waals surface area contributed by atoms with Crippen molar-refractivity contribution in [2.45, 2.75) is 31.7 Å². The highest BCUT2D eigenvalue weighted by atomic mass is 16.2. The Hall–Kier alpha value is -3.34. The molecule has 29 heavy (non-hydrogen) atoms. The maximum Gasteiger partial charge on any atom is 0.319 e. The monoisotopic (exact) mass is 393 g/mol. The molecule has 1 heterocycles. The molecular weight excluding hydrogens is 366 g/mol. The van der Waals surface area contributed by atoms with E-state index in [1.54, 1.807) is 30.5 Å². The molecule has 0 spiro atoms. The van der Waals surface area contributed by atoms with Crippen molar-refractivity contribution < 1.29 is 4.79 Å². The highest BCUT2D eigenvalue weighted by molar-refractivity contribution is 5.89. The van der Waals surface area contributed by atoms with Crippen LogP contribution in [0.15, 0.2) is 36.5 Å². The van der Waals surface area contributed by atoms with Gasteiger partial charge in [-0.1, -0.05) is 0 Å². The summed E-state index contributed by atoms with van der Waals surface area (Å²) in [5.41, 5.74) is 1.24. The molecule has 1 aliphatic carbocycles. The Bertz CT molecular complexity index is 852. The van der Waals surface area contributed by atoms with Gasteiger partial charge in [-0.05, 0) is 61.9 Å². The van der Waals surface area contributed by atoms with Crippen LogP contribution in [0.25, 0.3) is 0 Å². The third-order valence-electron chi connectivity index (χ3n) is 5.10. The summed E-state index contributed by atoms with van der Waals surface area (Å²) in [5.74, 6) is 2.02. The molecule has 3 rings (SSSR count). The van der Waals surface area contributed by atoms with E-state index in [0.29, 0.717) is 35.7 Å². The fourth-order valence-electron chi connectivity index (χ4n) is 3.40. The summed E-state index contributed by atoms with van der Waals surface area (Å²) >= 11 is 0. The van der Waals surface area contributed by atoms with Crippen molar-refractivity contribution >= 4 is 23.5 Å². The number of rotatable bonds is 6. The van der Waals surface area contributed by atoms with Crippen molar-refractivity contribution in [1.82, 2.24) is 15.3 Å². The van der Waals surface area contributed by atoms with Crippen LogP contribution in [0.4, 0.5) is 22.2 Å². The van der Waals surface area contributed by atoms with E-state index in [9.17, 15) is 4.79 Å². The number of carbonyl (C=O) groups is 1. The van der Waals surface area contributed by atoms with E-state index in [4.69, 9.17) is 5.26 Å². The molecule has 0 atom stereocenters. The number of nitrogens with zero attached hydrogens (tertiary/aromatic N) is 4. The molecule has 152 valence electrons. The molecule has 1 saturated carbocycles. The average Bonchev–Trinajstić information content (AvgIpc) is 2.74. The standard InChI is InChI=1S/C21H27N7O/c1-28(2)19-11-12-23-20(27-19)25-17-9-5-16(6-10-17)14-24-21(29)26-18-7-3-15(13-22)4-8-18/h3-4,7-8,11-12,16-17H,5-6,9-10,14H2,1-2H3,(H,23,25,27)(H2,24,26,29). The van der Waals surface area contributed by atoms with Gasteiger partial charge < -0.3 is 20.9 Å². The van der Waals surface area contributed by atoms with Gasteiger partial charge in [0.25, 0.3) is 0 Å². The Labute approximate surface area is 171 Å². The topological polar surface area (TPSA) is 106 Å². The van der Waals surface area contributed by atoms with Crippen molar-refractivity contribution in [1.29, 1.82) is 5.26 Å². The molecule has 0 bridgehead atoms. The second-order valence-electron chi connectivity index (χ2n) is 7.52. The minimum absolute atomic E-state index is 0.219. The summed E-state index contributed by atoms with van der Waals surface area (Å²) in [6.45, 7) is 0.654. The van der Waals surface area contributed by atoms with Crippen molar-refractivity contribution in [3.63, 3.8) is 0 Å². The summed E-state index contributed by atoms with van der Waals surface area (Å²) in [7, 11) is 3.92. The van der Waals surface area contributed by atoms with E-state index in [1.165, 1.54) is 0 Å². The van der Waals surface area contributed by atoms with Crippen LogP contribution >= 0.6 is 0 Å². The van der Waals surface area contributed by atoms with E-state index >= 15 is 0 Å². The Morgan fingerprint density at radius 2 is 1.90 bits per heavy atom. The zero-order chi connectivity index (χ0) is 20.6. The zero-order valence-electron chi connectivity index (χ0n) is 16.9. The van der Waals surface area contributed by atoms with E-state index < -0.39 is 0 Å². The van der Waals surface area contributed by atoms with Gasteiger partial charge in [0.15, 0.2) is 0 Å². The number of hydrogen-bond donors (Lipinski definition) is 3. The van der Waals surface area contributed by atoms with Crippen LogP contribution < -0.4 is 20.9 Å². The number of carbonyl (C=O) groups excluding carboxylic acids is 1. The van der Waals surface area contributed by atoms with Gasteiger partial charge in [0.1, 0.15) is 5.82 Å². The maximum atomic E-state index is 12.1. The largest absolute Gasteiger partial charge is 0.363 e. The predicted molar refractivity (Wildman–Crippen MR) is 114 cm³/mol. The highest BCUT2D eigenvalue weighted by Crippen LogP contribution is 2.25. The number of anilines is 3. The molecule has 2 amide bonds. The molecule has 2 aromatic rings. The van der Waals surface area contributed by atoms with Crippen LogP contribution in [-0.2, 0) is 0 Å². The fraction of sp³-hybridized carbons (Fsp3) is 0.429. The molecule has 0 unspecified atom stereocenters. The lowest BCUT2D eigenvalue weighted by atomic mass is 9.86. The first-order valence-electron chi connectivity index (χ1n) is 9.85. The van der Waals surface area contributed by atoms with Crippen LogP contribution in [0.3, 0.4) is 0 Å². The van der Waals surface area contributed by atoms with Gasteiger partial charge in [0.2, 0.25) is 5.95 Å². The third kappa shape index (κ3) is 6.07. The van der Waals surface area contributed by atoms with Gasteiger partial charge in [0.05, 0.1) is 11.6 Å². The van der Waals surface area contributed by atoms with Crippen molar-refractivity contribution in [3.05, 3.63) is 42.1 Å². The van der Waals surface area contributed by atoms with Gasteiger partial charge in [-0.25, -0.2) is 9.78 Å². The molecule has 0 saturated heterocycles. The lowest BCUT2D eigenvalue weighted by Gasteiger charge is -2.29. The smallest absolute Gasteiger partial charge is 0.319 e. The number of amides is 2. The Kier molecular flexibility index (Phi) is 6.85. The molecule has 0 radical (unpaired) electrons. The Morgan fingerprint density at radius 1 is 1.17 bits per heavy atom. The number of urea groups is 1. The lowest BCUT2D eigenvalue weighted by molar-refractivity contribution is 0.246. The van der Waals surface area contributed by atoms with E-state index in [-0.39, 0.29) is 6.03 Å². The molecule has 1 aliphatic rings. The molecule has 8 nitrogen and oxygen atoms in total. The number of hydrogen-bond acceptors (Lipinski definition) is 6. The molecule has 0 aliphatic heterocycles. The quantitative estimate of drug-likeness (QED) is 0.696. The molecule has 1 fully saturated rings. The number of aromatic nitrogens is 2. The first-order chi connectivity index (χ1) is 14.0. The average molecular weight is 393 g/mol. The fourth-order valence-corrected chi connectivity index (χ4v) is 3.40. The van der Waals surface area contributed by atoms with Crippen LogP contribution in [0, 0.1) is 17.2 Å². The van der Waals surface area contributed by atoms with E-state index in [0.717, 1.165) is 31.5 Å². The summed E-state index contributed by atoms with van der Waals surface area (Å²) in [4.78, 5) is 22.9. The van der Waals surface area contributed by atoms with Crippen molar-refractivity contribution in [3.8, 4) is 6.07 Å². The minimum Gasteiger partial charge on any atom is -0.363 e. The first-order valence-corrected chi connectivity index (χ1v) is 9.85. The minimum atomic E-state index is -0.219. The summed E-state index contributed by atoms with van der Waals surface area (Å²) in [6, 6.07) is 10.9. The van der Waals surface area contributed by atoms with Gasteiger partial charge >= 0.3 is 6.03 Å². The second-order valence-corrected chi connectivity index (χ2v) is 7.52. The maximum absolute atomic E-state index is 12.1. The lowest BCUT2D eigenvalue weighted by Crippen LogP contribution is -2.36. The zero-order valence-corrected chi connectivity index (χ0v) is 16.9. The predicted octanol–water partition coefficient (Wildman–Crippen LogP) is 3.21. The van der Waals surface area contributed by atoms with E-state index in [1.807, 2.05) is 25.1 Å². The van der Waals surface area contributed by atoms with Gasteiger partial charge in [-0.3, -0.25) is 0 Å². The van der Waals surface area contributed by atoms with Crippen molar-refractivity contribution in [2.24, 2.45) is 5.92 Å².